The fraction of sp³-hybridized carbons (Fsp3) is 0.492. The predicted molar refractivity (Wildman–Crippen MR) is 309 cm³/mol. The van der Waals surface area contributed by atoms with E-state index in [1.807, 2.05) is 106 Å². The number of esters is 3. The molecular formula is C61H95N5O7. The van der Waals surface area contributed by atoms with Gasteiger partial charge in [-0.1, -0.05) is 178 Å². The summed E-state index contributed by atoms with van der Waals surface area (Å²) in [6.45, 7) is 35.9. The fourth-order valence-electron chi connectivity index (χ4n) is 5.19. The molecule has 0 amide bonds. The van der Waals surface area contributed by atoms with Gasteiger partial charge in [-0.05, 0) is 130 Å². The van der Waals surface area contributed by atoms with Crippen molar-refractivity contribution in [1.29, 1.82) is 0 Å². The summed E-state index contributed by atoms with van der Waals surface area (Å²) >= 11 is 0. The Morgan fingerprint density at radius 3 is 1.19 bits per heavy atom. The number of azide groups is 1. The van der Waals surface area contributed by atoms with Gasteiger partial charge in [0.1, 0.15) is 6.61 Å². The molecule has 4 aromatic rings. The summed E-state index contributed by atoms with van der Waals surface area (Å²) < 4.78 is 17.9. The van der Waals surface area contributed by atoms with Crippen molar-refractivity contribution in [2.75, 3.05) is 73.7 Å². The summed E-state index contributed by atoms with van der Waals surface area (Å²) in [7, 11) is 5.64. The van der Waals surface area contributed by atoms with Gasteiger partial charge in [0.05, 0.1) is 12.7 Å². The molecule has 0 radical (unpaired) electrons. The highest BCUT2D eigenvalue weighted by Gasteiger charge is 2.18. The monoisotopic (exact) mass is 1010 g/mol. The maximum absolute atomic E-state index is 10.3. The highest BCUT2D eigenvalue weighted by atomic mass is 16.6. The van der Waals surface area contributed by atoms with Crippen LogP contribution < -0.4 is 0 Å². The Labute approximate surface area is 442 Å². The number of aryl methyl sites for hydroxylation is 4. The number of nitrogens with zero attached hydrogens (tertiary/aromatic N) is 5. The average molecular weight is 1010 g/mol. The topological polar surface area (TPSA) is 146 Å². The quantitative estimate of drug-likeness (QED) is 0.0454. The van der Waals surface area contributed by atoms with E-state index in [9.17, 15) is 14.4 Å². The number of likely N-dealkylation sites (tertiary alicyclic amines) is 1. The lowest BCUT2D eigenvalue weighted by atomic mass is 9.86. The molecule has 0 spiro atoms. The number of carbonyl (C=O) groups is 3. The molecule has 12 heteroatoms. The molecule has 12 rings (SSSR count). The van der Waals surface area contributed by atoms with Crippen LogP contribution in [0, 0.1) is 0 Å². The summed E-state index contributed by atoms with van der Waals surface area (Å²) in [5.74, 6) is -1.32. The molecule has 4 saturated heterocycles. The normalized spacial score (nSPS) is 15.7. The molecule has 6 heterocycles. The van der Waals surface area contributed by atoms with Crippen LogP contribution in [0.3, 0.4) is 0 Å². The second kappa shape index (κ2) is 49.7. The Kier molecular flexibility index (Phi) is 48.6. The van der Waals surface area contributed by atoms with E-state index in [0.717, 1.165) is 19.8 Å². The molecule has 0 bridgehead atoms. The molecule has 0 saturated carbocycles. The van der Waals surface area contributed by atoms with Crippen LogP contribution in [-0.2, 0) is 59.0 Å². The van der Waals surface area contributed by atoms with Crippen molar-refractivity contribution in [3.05, 3.63) is 160 Å². The molecule has 406 valence electrons. The third kappa shape index (κ3) is 38.4. The van der Waals surface area contributed by atoms with E-state index in [2.05, 4.69) is 118 Å². The smallest absolute Gasteiger partial charge is 0.341 e. The number of hydrogen-bond donors (Lipinski definition) is 0. The maximum Gasteiger partial charge on any atom is 0.341 e. The number of fused-ring (bicyclic) bond motifs is 3. The molecule has 4 fully saturated rings. The van der Waals surface area contributed by atoms with Crippen LogP contribution >= 0.6 is 0 Å². The van der Waals surface area contributed by atoms with Gasteiger partial charge in [-0.2, -0.15) is 0 Å². The Morgan fingerprint density at radius 2 is 1.03 bits per heavy atom. The molecular weight excluding hydrogens is 915 g/mol. The first kappa shape index (κ1) is 71.4. The molecule has 73 heavy (non-hydrogen) atoms. The molecule has 2 aliphatic carbocycles. The Bertz CT molecular complexity index is 2040. The zero-order chi connectivity index (χ0) is 55.7. The van der Waals surface area contributed by atoms with Gasteiger partial charge in [0.2, 0.25) is 0 Å². The zero-order valence-electron chi connectivity index (χ0n) is 47.7. The van der Waals surface area contributed by atoms with Crippen molar-refractivity contribution >= 4 is 34.8 Å². The van der Waals surface area contributed by atoms with Gasteiger partial charge in [-0.15, -0.1) is 0 Å². The van der Waals surface area contributed by atoms with Crippen LogP contribution in [0.5, 0.6) is 0 Å². The van der Waals surface area contributed by atoms with Crippen molar-refractivity contribution in [2.45, 2.75) is 128 Å². The highest BCUT2D eigenvalue weighted by Crippen LogP contribution is 2.28. The molecule has 1 atom stereocenters. The number of hydrogen-bond acceptors (Lipinski definition) is 10. The number of ether oxygens (including phenoxy) is 4. The number of likely N-dealkylation sites (N-methyl/N-ethyl adjacent to an activating group) is 1. The van der Waals surface area contributed by atoms with Gasteiger partial charge in [0.25, 0.3) is 0 Å². The van der Waals surface area contributed by atoms with E-state index in [1.54, 1.807) is 28.3 Å². The lowest BCUT2D eigenvalue weighted by molar-refractivity contribution is -0.150. The van der Waals surface area contributed by atoms with Gasteiger partial charge in [-0.25, -0.2) is 14.4 Å². The molecule has 0 aromatic heterocycles. The first-order chi connectivity index (χ1) is 35.5. The van der Waals surface area contributed by atoms with Crippen molar-refractivity contribution in [2.24, 2.45) is 5.11 Å². The summed E-state index contributed by atoms with van der Waals surface area (Å²) in [6.07, 6.45) is 14.5. The highest BCUT2D eigenvalue weighted by molar-refractivity contribution is 6.08. The maximum atomic E-state index is 10.3. The zero-order valence-corrected chi connectivity index (χ0v) is 47.7. The van der Waals surface area contributed by atoms with Crippen LogP contribution in [0.15, 0.2) is 126 Å². The van der Waals surface area contributed by atoms with E-state index in [4.69, 9.17) is 15.0 Å². The van der Waals surface area contributed by atoms with Gasteiger partial charge >= 0.3 is 17.9 Å². The number of rotatable bonds is 1. The van der Waals surface area contributed by atoms with E-state index in [1.165, 1.54) is 107 Å². The van der Waals surface area contributed by atoms with E-state index >= 15 is 0 Å². The SMILES string of the molecule is C1COC1.C=Cc1ccccc1.CC.CC.CC.CC.CC.CC1=CC(=O)OC1=O.CC1CO1.CN1CC1.CN1CCC1.CN=[N+]=[N-].O=C1C=CCO1.c1ccc2c(c1)CC2.c1ccc2cc3c(cc2c1)CC3. The van der Waals surface area contributed by atoms with Crippen LogP contribution in [0.4, 0.5) is 0 Å². The number of benzene rings is 4. The van der Waals surface area contributed by atoms with Crippen molar-refractivity contribution < 1.29 is 33.3 Å². The standard InChI is InChI=1S/C12H10.2C8H8.C5H4O3.C4H9N.C4H4O2.C3H7N.2C3H6O.5C2H6.CH3N3/c1-2-4-10-8-12-6-5-11(12)7-9(10)3-1;1-2-4-8-6-5-7(8)3-1;1-2-8-6-4-3-5-7-8;1-3-2-4(6)8-5(3)7;1-5-3-2-4-5;5-4-2-1-3-6-4;1-4-2-3-4;1-3-2-4-3;1-2-4-3-1;5*1-2;1-3-4-2/h1-4,7-8H,5-6H2;1-4H,5-6H2;2-7H,1H2;2H,1H3;2-4H2,1H3;1-2H,3H2;2-3H2,1H3;3H,2H2,1H3;1-3H2;5*1-2H3;1H3. The van der Waals surface area contributed by atoms with Crippen LogP contribution in [-0.4, -0.2) is 108 Å². The first-order valence-corrected chi connectivity index (χ1v) is 26.5. The first-order valence-electron chi connectivity index (χ1n) is 26.5. The molecule has 1 unspecified atom stereocenters. The minimum Gasteiger partial charge on any atom is -0.458 e. The second-order valence-electron chi connectivity index (χ2n) is 15.3. The third-order valence-electron chi connectivity index (χ3n) is 9.89. The Morgan fingerprint density at radius 1 is 0.658 bits per heavy atom. The third-order valence-corrected chi connectivity index (χ3v) is 9.89. The van der Waals surface area contributed by atoms with E-state index in [-0.39, 0.29) is 5.97 Å². The van der Waals surface area contributed by atoms with Gasteiger partial charge in [0.15, 0.2) is 0 Å². The van der Waals surface area contributed by atoms with E-state index < -0.39 is 11.9 Å². The molecule has 6 aliphatic heterocycles. The summed E-state index contributed by atoms with van der Waals surface area (Å²) in [6, 6.07) is 31.9. The number of cyclic esters (lactones) is 3. The summed E-state index contributed by atoms with van der Waals surface area (Å²) in [5, 5.41) is 5.69. The summed E-state index contributed by atoms with van der Waals surface area (Å²) in [5.41, 5.74) is 15.1. The predicted octanol–water partition coefficient (Wildman–Crippen LogP) is 14.3. The average Bonchev–Trinajstić information content (AvgIpc) is 4.30. The molecule has 0 N–H and O–H groups in total. The van der Waals surface area contributed by atoms with Crippen molar-refractivity contribution in [1.82, 2.24) is 9.80 Å². The van der Waals surface area contributed by atoms with Crippen LogP contribution in [0.25, 0.3) is 27.3 Å². The van der Waals surface area contributed by atoms with Gasteiger partial charge in [-0.3, -0.25) is 0 Å². The number of carbonyl (C=O) groups excluding carboxylic acids is 3. The fourth-order valence-corrected chi connectivity index (χ4v) is 5.19. The lowest BCUT2D eigenvalue weighted by Crippen LogP contribution is -2.32. The van der Waals surface area contributed by atoms with Crippen molar-refractivity contribution in [3.63, 3.8) is 0 Å². The largest absolute Gasteiger partial charge is 0.458 e. The molecule has 4 aromatic carbocycles. The van der Waals surface area contributed by atoms with Gasteiger partial charge in [0, 0.05) is 56.0 Å². The number of epoxide rings is 1. The van der Waals surface area contributed by atoms with E-state index in [0.29, 0.717) is 18.3 Å². The van der Waals surface area contributed by atoms with Gasteiger partial charge < -0.3 is 28.7 Å². The van der Waals surface area contributed by atoms with Crippen LogP contribution in [0.2, 0.25) is 0 Å². The van der Waals surface area contributed by atoms with Crippen LogP contribution in [0.1, 0.15) is 124 Å². The van der Waals surface area contributed by atoms with Crippen molar-refractivity contribution in [3.8, 4) is 0 Å². The Balaban J connectivity index is -0.000000746. The second-order valence-corrected chi connectivity index (χ2v) is 15.3. The lowest BCUT2D eigenvalue weighted by Gasteiger charge is -2.24. The molecule has 12 nitrogen and oxygen atoms in total. The minimum absolute atomic E-state index is 0.227. The Hall–Kier alpha value is -5.88. The minimum atomic E-state index is -0.562. The molecule has 8 aliphatic rings. The summed E-state index contributed by atoms with van der Waals surface area (Å²) in [4.78, 5) is 37.3.